The molecule has 0 aliphatic carbocycles. The summed E-state index contributed by atoms with van der Waals surface area (Å²) in [5.74, 6) is 0.662. The number of hydrogen-bond acceptors (Lipinski definition) is 4. The van der Waals surface area contributed by atoms with E-state index in [0.717, 1.165) is 11.5 Å². The van der Waals surface area contributed by atoms with Crippen molar-refractivity contribution in [2.75, 3.05) is 24.3 Å². The predicted octanol–water partition coefficient (Wildman–Crippen LogP) is 1.73. The van der Waals surface area contributed by atoms with E-state index in [1.807, 2.05) is 24.9 Å². The molecule has 2 amide bonds. The second-order valence-electron chi connectivity index (χ2n) is 4.63. The van der Waals surface area contributed by atoms with Gasteiger partial charge in [-0.05, 0) is 25.4 Å². The van der Waals surface area contributed by atoms with Gasteiger partial charge in [0.15, 0.2) is 0 Å². The molecule has 7 heteroatoms. The number of nitrogens with one attached hydrogen (secondary N) is 1. The van der Waals surface area contributed by atoms with Gasteiger partial charge >= 0.3 is 12.0 Å². The van der Waals surface area contributed by atoms with E-state index < -0.39 is 12.0 Å². The lowest BCUT2D eigenvalue weighted by Gasteiger charge is -2.37. The maximum atomic E-state index is 12.2. The lowest BCUT2D eigenvalue weighted by Crippen LogP contribution is -2.55. The number of carbonyl (C=O) groups is 2. The highest BCUT2D eigenvalue weighted by molar-refractivity contribution is 8.00. The summed E-state index contributed by atoms with van der Waals surface area (Å²) in [5, 5.41) is 12.1. The smallest absolute Gasteiger partial charge is 0.326 e. The van der Waals surface area contributed by atoms with Crippen molar-refractivity contribution in [1.82, 2.24) is 10.2 Å². The normalized spacial score (nSPS) is 24.9. The Morgan fingerprint density at radius 3 is 2.79 bits per heavy atom. The second kappa shape index (κ2) is 7.89. The summed E-state index contributed by atoms with van der Waals surface area (Å²) in [6, 6.07) is -0.918. The van der Waals surface area contributed by atoms with Crippen molar-refractivity contribution in [3.8, 4) is 0 Å². The number of hydrogen-bond donors (Lipinski definition) is 2. The molecule has 0 bridgehead atoms. The highest BCUT2D eigenvalue weighted by Gasteiger charge is 2.31. The third-order valence-electron chi connectivity index (χ3n) is 3.35. The molecule has 1 saturated heterocycles. The molecule has 0 spiro atoms. The van der Waals surface area contributed by atoms with Gasteiger partial charge in [0.05, 0.1) is 0 Å². The minimum absolute atomic E-state index is 0.133. The molecule has 1 heterocycles. The van der Waals surface area contributed by atoms with Crippen LogP contribution in [0.25, 0.3) is 0 Å². The van der Waals surface area contributed by atoms with Crippen LogP contribution in [-0.2, 0) is 4.79 Å². The van der Waals surface area contributed by atoms with Gasteiger partial charge in [0, 0.05) is 23.6 Å². The molecular formula is C12H22N2O3S2. The highest BCUT2D eigenvalue weighted by Crippen LogP contribution is 2.24. The Labute approximate surface area is 122 Å². The van der Waals surface area contributed by atoms with Crippen LogP contribution >= 0.6 is 23.5 Å². The number of aliphatic carboxylic acids is 1. The number of carbonyl (C=O) groups excluding carboxylic acids is 1. The van der Waals surface area contributed by atoms with Gasteiger partial charge in [0.2, 0.25) is 0 Å². The van der Waals surface area contributed by atoms with Crippen LogP contribution in [0.4, 0.5) is 4.79 Å². The summed E-state index contributed by atoms with van der Waals surface area (Å²) in [4.78, 5) is 25.0. The Morgan fingerprint density at radius 2 is 2.21 bits per heavy atom. The van der Waals surface area contributed by atoms with Crippen LogP contribution in [0.1, 0.15) is 20.3 Å². The Hall–Kier alpha value is -0.560. The molecule has 19 heavy (non-hydrogen) atoms. The number of amides is 2. The first-order valence-electron chi connectivity index (χ1n) is 6.37. The first kappa shape index (κ1) is 16.5. The zero-order valence-electron chi connectivity index (χ0n) is 11.6. The lowest BCUT2D eigenvalue weighted by atomic mass is 10.2. The maximum Gasteiger partial charge on any atom is 0.326 e. The quantitative estimate of drug-likeness (QED) is 0.809. The van der Waals surface area contributed by atoms with E-state index in [1.165, 1.54) is 0 Å². The van der Waals surface area contributed by atoms with Gasteiger partial charge in [0.25, 0.3) is 0 Å². The van der Waals surface area contributed by atoms with Crippen LogP contribution < -0.4 is 5.32 Å². The number of rotatable bonds is 5. The molecule has 0 aromatic heterocycles. The first-order chi connectivity index (χ1) is 8.97. The van der Waals surface area contributed by atoms with E-state index in [4.69, 9.17) is 5.11 Å². The minimum atomic E-state index is -0.963. The predicted molar refractivity (Wildman–Crippen MR) is 81.0 cm³/mol. The molecule has 5 nitrogen and oxygen atoms in total. The molecule has 0 aromatic rings. The molecule has 0 aromatic carbocycles. The molecule has 2 unspecified atom stereocenters. The van der Waals surface area contributed by atoms with Gasteiger partial charge in [-0.25, -0.2) is 9.59 Å². The number of thioether (sulfide) groups is 2. The summed E-state index contributed by atoms with van der Waals surface area (Å²) >= 11 is 3.42. The van der Waals surface area contributed by atoms with E-state index in [1.54, 1.807) is 16.7 Å². The SMILES string of the molecule is CSCC[C@H](NC(=O)N1CCSC(C)C1C)C(=O)O. The van der Waals surface area contributed by atoms with Crippen LogP contribution in [0.2, 0.25) is 0 Å². The van der Waals surface area contributed by atoms with E-state index >= 15 is 0 Å². The molecule has 0 radical (unpaired) electrons. The molecule has 110 valence electrons. The van der Waals surface area contributed by atoms with Gasteiger partial charge in [-0.1, -0.05) is 6.92 Å². The van der Waals surface area contributed by atoms with Gasteiger partial charge in [-0.2, -0.15) is 23.5 Å². The Balaban J connectivity index is 2.58. The van der Waals surface area contributed by atoms with E-state index in [0.29, 0.717) is 18.2 Å². The summed E-state index contributed by atoms with van der Waals surface area (Å²) < 4.78 is 0. The van der Waals surface area contributed by atoms with Crippen molar-refractivity contribution < 1.29 is 14.7 Å². The summed E-state index contributed by atoms with van der Waals surface area (Å²) in [5.41, 5.74) is 0. The van der Waals surface area contributed by atoms with Gasteiger partial charge in [-0.15, -0.1) is 0 Å². The molecule has 1 aliphatic rings. The summed E-state index contributed by atoms with van der Waals surface area (Å²) in [6.07, 6.45) is 2.38. The number of carboxylic acids is 1. The molecule has 2 N–H and O–H groups in total. The standard InChI is InChI=1S/C12H22N2O3S2/c1-8-9(2)19-7-5-14(8)12(17)13-10(11(15)16)4-6-18-3/h8-10H,4-7H2,1-3H3,(H,13,17)(H,15,16)/t8?,9?,10-/m0/s1. The van der Waals surface area contributed by atoms with Crippen LogP contribution in [0.5, 0.6) is 0 Å². The third-order valence-corrected chi connectivity index (χ3v) is 5.33. The monoisotopic (exact) mass is 306 g/mol. The second-order valence-corrected chi connectivity index (χ2v) is 7.10. The maximum absolute atomic E-state index is 12.2. The topological polar surface area (TPSA) is 69.6 Å². The molecule has 1 fully saturated rings. The summed E-state index contributed by atoms with van der Waals surface area (Å²) in [6.45, 7) is 4.78. The van der Waals surface area contributed by atoms with E-state index in [-0.39, 0.29) is 12.1 Å². The van der Waals surface area contributed by atoms with Crippen LogP contribution in [0, 0.1) is 0 Å². The van der Waals surface area contributed by atoms with Gasteiger partial charge in [-0.3, -0.25) is 0 Å². The number of urea groups is 1. The first-order valence-corrected chi connectivity index (χ1v) is 8.82. The summed E-state index contributed by atoms with van der Waals surface area (Å²) in [7, 11) is 0. The Morgan fingerprint density at radius 1 is 1.53 bits per heavy atom. The van der Waals surface area contributed by atoms with Crippen molar-refractivity contribution >= 4 is 35.5 Å². The molecular weight excluding hydrogens is 284 g/mol. The molecule has 0 saturated carbocycles. The largest absolute Gasteiger partial charge is 0.480 e. The van der Waals surface area contributed by atoms with Crippen molar-refractivity contribution in [2.24, 2.45) is 0 Å². The van der Waals surface area contributed by atoms with Gasteiger partial charge < -0.3 is 15.3 Å². The minimum Gasteiger partial charge on any atom is -0.480 e. The van der Waals surface area contributed by atoms with Crippen molar-refractivity contribution in [2.45, 2.75) is 37.6 Å². The van der Waals surface area contributed by atoms with Crippen molar-refractivity contribution in [3.05, 3.63) is 0 Å². The van der Waals surface area contributed by atoms with Gasteiger partial charge in [0.1, 0.15) is 6.04 Å². The zero-order chi connectivity index (χ0) is 14.4. The fourth-order valence-corrected chi connectivity index (χ4v) is 3.52. The number of carboxylic acid groups (broad SMARTS) is 1. The average molecular weight is 306 g/mol. The fraction of sp³-hybridized carbons (Fsp3) is 0.833. The van der Waals surface area contributed by atoms with E-state index in [2.05, 4.69) is 12.2 Å². The highest BCUT2D eigenvalue weighted by atomic mass is 32.2. The molecule has 3 atom stereocenters. The lowest BCUT2D eigenvalue weighted by molar-refractivity contribution is -0.139. The fourth-order valence-electron chi connectivity index (χ4n) is 1.94. The zero-order valence-corrected chi connectivity index (χ0v) is 13.2. The third kappa shape index (κ3) is 4.80. The van der Waals surface area contributed by atoms with Crippen molar-refractivity contribution in [1.29, 1.82) is 0 Å². The Bertz CT molecular complexity index is 328. The van der Waals surface area contributed by atoms with Crippen LogP contribution in [-0.4, -0.2) is 63.6 Å². The average Bonchev–Trinajstić information content (AvgIpc) is 2.37. The Kier molecular flexibility index (Phi) is 6.85. The number of nitrogens with zero attached hydrogens (tertiary/aromatic N) is 1. The van der Waals surface area contributed by atoms with E-state index in [9.17, 15) is 9.59 Å². The van der Waals surface area contributed by atoms with Crippen molar-refractivity contribution in [3.63, 3.8) is 0 Å². The molecule has 1 rings (SSSR count). The van der Waals surface area contributed by atoms with Crippen LogP contribution in [0.15, 0.2) is 0 Å². The van der Waals surface area contributed by atoms with Crippen LogP contribution in [0.3, 0.4) is 0 Å². The molecule has 1 aliphatic heterocycles.